The number of aromatic nitrogens is 2. The molecule has 0 fully saturated rings. The number of imidazole rings is 1. The summed E-state index contributed by atoms with van der Waals surface area (Å²) in [6, 6.07) is 14.7. The Hall–Kier alpha value is -1.88. The van der Waals surface area contributed by atoms with Gasteiger partial charge in [-0.1, -0.05) is 29.8 Å². The zero-order valence-corrected chi connectivity index (χ0v) is 14.8. The van der Waals surface area contributed by atoms with Gasteiger partial charge in [-0.2, -0.15) is 0 Å². The van der Waals surface area contributed by atoms with Crippen LogP contribution in [-0.4, -0.2) is 29.3 Å². The lowest BCUT2D eigenvalue weighted by Crippen LogP contribution is -2.29. The fourth-order valence-electron chi connectivity index (χ4n) is 2.73. The third-order valence-electron chi connectivity index (χ3n) is 4.02. The maximum absolute atomic E-state index is 5.94. The summed E-state index contributed by atoms with van der Waals surface area (Å²) in [5.41, 5.74) is 4.58. The van der Waals surface area contributed by atoms with Crippen LogP contribution in [0, 0.1) is 0 Å². The molecule has 2 aromatic carbocycles. The molecule has 3 aromatic rings. The summed E-state index contributed by atoms with van der Waals surface area (Å²) in [5, 5.41) is 4.20. The van der Waals surface area contributed by atoms with Gasteiger partial charge in [-0.3, -0.25) is 0 Å². The molecule has 0 spiro atoms. The third-order valence-corrected chi connectivity index (χ3v) is 4.27. The molecule has 0 unspecified atom stereocenters. The summed E-state index contributed by atoms with van der Waals surface area (Å²) in [5.74, 6) is 0. The number of nitrogens with one attached hydrogen (secondary N) is 1. The fraction of sp³-hybridized carbons (Fsp3) is 0.316. The molecule has 0 amide bonds. The average Bonchev–Trinajstić information content (AvgIpc) is 2.97. The van der Waals surface area contributed by atoms with E-state index in [1.54, 1.807) is 7.11 Å². The van der Waals surface area contributed by atoms with E-state index in [1.807, 2.05) is 30.6 Å². The van der Waals surface area contributed by atoms with Crippen molar-refractivity contribution in [3.63, 3.8) is 0 Å². The van der Waals surface area contributed by atoms with Crippen LogP contribution in [0.4, 0.5) is 0 Å². The SMILES string of the molecule is COC[C@H](C)NCc1ccc2c(c1)ncn2Cc1ccc(Cl)cc1. The number of ether oxygens (including phenoxy) is 1. The number of hydrogen-bond donors (Lipinski definition) is 1. The molecule has 0 aliphatic carbocycles. The van der Waals surface area contributed by atoms with Crippen LogP contribution in [0.15, 0.2) is 48.8 Å². The van der Waals surface area contributed by atoms with Gasteiger partial charge >= 0.3 is 0 Å². The molecule has 24 heavy (non-hydrogen) atoms. The summed E-state index contributed by atoms with van der Waals surface area (Å²) < 4.78 is 7.30. The minimum Gasteiger partial charge on any atom is -0.383 e. The summed E-state index contributed by atoms with van der Waals surface area (Å²) in [7, 11) is 1.72. The fourth-order valence-corrected chi connectivity index (χ4v) is 2.86. The molecule has 1 aromatic heterocycles. The molecular formula is C19H22ClN3O. The molecule has 0 saturated heterocycles. The molecule has 3 rings (SSSR count). The zero-order chi connectivity index (χ0) is 16.9. The van der Waals surface area contributed by atoms with Crippen molar-refractivity contribution in [2.45, 2.75) is 26.1 Å². The molecule has 5 heteroatoms. The number of fused-ring (bicyclic) bond motifs is 1. The van der Waals surface area contributed by atoms with Crippen LogP contribution in [0.25, 0.3) is 11.0 Å². The smallest absolute Gasteiger partial charge is 0.0961 e. The molecule has 0 bridgehead atoms. The number of nitrogens with zero attached hydrogens (tertiary/aromatic N) is 2. The maximum atomic E-state index is 5.94. The van der Waals surface area contributed by atoms with Crippen LogP contribution in [0.5, 0.6) is 0 Å². The van der Waals surface area contributed by atoms with E-state index in [1.165, 1.54) is 11.1 Å². The van der Waals surface area contributed by atoms with E-state index in [0.29, 0.717) is 12.6 Å². The first kappa shape index (κ1) is 17.0. The van der Waals surface area contributed by atoms with Crippen molar-refractivity contribution >= 4 is 22.6 Å². The highest BCUT2D eigenvalue weighted by Crippen LogP contribution is 2.17. The Kier molecular flexibility index (Phi) is 5.51. The Labute approximate surface area is 147 Å². The summed E-state index contributed by atoms with van der Waals surface area (Å²) >= 11 is 5.94. The Morgan fingerprint density at radius 2 is 1.92 bits per heavy atom. The monoisotopic (exact) mass is 343 g/mol. The first-order chi connectivity index (χ1) is 11.7. The Morgan fingerprint density at radius 1 is 1.17 bits per heavy atom. The predicted octanol–water partition coefficient (Wildman–Crippen LogP) is 3.86. The van der Waals surface area contributed by atoms with Crippen molar-refractivity contribution in [3.05, 3.63) is 64.9 Å². The van der Waals surface area contributed by atoms with Gasteiger partial charge in [0.15, 0.2) is 0 Å². The van der Waals surface area contributed by atoms with Crippen LogP contribution in [0.3, 0.4) is 0 Å². The first-order valence-electron chi connectivity index (χ1n) is 8.06. The van der Waals surface area contributed by atoms with Crippen molar-refractivity contribution in [1.29, 1.82) is 0 Å². The van der Waals surface area contributed by atoms with Gasteiger partial charge in [0, 0.05) is 31.3 Å². The minimum absolute atomic E-state index is 0.327. The van der Waals surface area contributed by atoms with E-state index in [2.05, 4.69) is 40.0 Å². The lowest BCUT2D eigenvalue weighted by Gasteiger charge is -2.12. The molecule has 0 aliphatic heterocycles. The third kappa shape index (κ3) is 4.15. The molecule has 4 nitrogen and oxygen atoms in total. The van der Waals surface area contributed by atoms with Gasteiger partial charge in [0.2, 0.25) is 0 Å². The van der Waals surface area contributed by atoms with Crippen molar-refractivity contribution in [2.24, 2.45) is 0 Å². The van der Waals surface area contributed by atoms with Gasteiger partial charge in [-0.05, 0) is 42.3 Å². The highest BCUT2D eigenvalue weighted by molar-refractivity contribution is 6.30. The van der Waals surface area contributed by atoms with E-state index in [9.17, 15) is 0 Å². The molecule has 126 valence electrons. The molecule has 0 saturated carbocycles. The number of hydrogen-bond acceptors (Lipinski definition) is 3. The van der Waals surface area contributed by atoms with Crippen molar-refractivity contribution in [3.8, 4) is 0 Å². The van der Waals surface area contributed by atoms with Gasteiger partial charge in [0.25, 0.3) is 0 Å². The topological polar surface area (TPSA) is 39.1 Å². The van der Waals surface area contributed by atoms with Crippen molar-refractivity contribution < 1.29 is 4.74 Å². The van der Waals surface area contributed by atoms with Crippen LogP contribution in [-0.2, 0) is 17.8 Å². The normalized spacial score (nSPS) is 12.6. The molecule has 1 N–H and O–H groups in total. The second-order valence-corrected chi connectivity index (χ2v) is 6.50. The Balaban J connectivity index is 1.72. The lowest BCUT2D eigenvalue weighted by molar-refractivity contribution is 0.171. The average molecular weight is 344 g/mol. The van der Waals surface area contributed by atoms with E-state index >= 15 is 0 Å². The van der Waals surface area contributed by atoms with Gasteiger partial charge in [0.1, 0.15) is 0 Å². The molecule has 0 aliphatic rings. The number of halogens is 1. The molecule has 1 atom stereocenters. The van der Waals surface area contributed by atoms with Crippen molar-refractivity contribution in [2.75, 3.05) is 13.7 Å². The highest BCUT2D eigenvalue weighted by atomic mass is 35.5. The van der Waals surface area contributed by atoms with Gasteiger partial charge < -0.3 is 14.6 Å². The number of rotatable bonds is 7. The van der Waals surface area contributed by atoms with Gasteiger partial charge in [0.05, 0.1) is 24.0 Å². The number of methoxy groups -OCH3 is 1. The second-order valence-electron chi connectivity index (χ2n) is 6.06. The molecule has 1 heterocycles. The van der Waals surface area contributed by atoms with Crippen LogP contribution in [0.1, 0.15) is 18.1 Å². The number of benzene rings is 2. The van der Waals surface area contributed by atoms with Gasteiger partial charge in [-0.15, -0.1) is 0 Å². The van der Waals surface area contributed by atoms with Crippen LogP contribution in [0.2, 0.25) is 5.02 Å². The summed E-state index contributed by atoms with van der Waals surface area (Å²) in [6.45, 7) is 4.42. The maximum Gasteiger partial charge on any atom is 0.0961 e. The minimum atomic E-state index is 0.327. The van der Waals surface area contributed by atoms with Crippen molar-refractivity contribution in [1.82, 2.24) is 14.9 Å². The Bertz CT molecular complexity index is 798. The predicted molar refractivity (Wildman–Crippen MR) is 98.5 cm³/mol. The zero-order valence-electron chi connectivity index (χ0n) is 14.0. The molecule has 0 radical (unpaired) electrons. The summed E-state index contributed by atoms with van der Waals surface area (Å²) in [4.78, 5) is 4.54. The lowest BCUT2D eigenvalue weighted by atomic mass is 10.2. The van der Waals surface area contributed by atoms with E-state index in [4.69, 9.17) is 16.3 Å². The second kappa shape index (κ2) is 7.79. The largest absolute Gasteiger partial charge is 0.383 e. The Morgan fingerprint density at radius 3 is 2.67 bits per heavy atom. The van der Waals surface area contributed by atoms with E-state index < -0.39 is 0 Å². The van der Waals surface area contributed by atoms with E-state index in [-0.39, 0.29) is 0 Å². The van der Waals surface area contributed by atoms with Crippen LogP contribution < -0.4 is 5.32 Å². The van der Waals surface area contributed by atoms with Crippen LogP contribution >= 0.6 is 11.6 Å². The highest BCUT2D eigenvalue weighted by Gasteiger charge is 2.06. The quantitative estimate of drug-likeness (QED) is 0.708. The standard InChI is InChI=1S/C19H22ClN3O/c1-14(12-24-2)21-10-16-5-8-19-18(9-16)22-13-23(19)11-15-3-6-17(20)7-4-15/h3-9,13-14,21H,10-12H2,1-2H3/t14-/m0/s1. The van der Waals surface area contributed by atoms with Gasteiger partial charge in [-0.25, -0.2) is 4.98 Å². The summed E-state index contributed by atoms with van der Waals surface area (Å²) in [6.07, 6.45) is 1.89. The first-order valence-corrected chi connectivity index (χ1v) is 8.44. The molecular weight excluding hydrogens is 322 g/mol. The van der Waals surface area contributed by atoms with E-state index in [0.717, 1.165) is 29.1 Å².